The zero-order valence-corrected chi connectivity index (χ0v) is 10.5. The van der Waals surface area contributed by atoms with Crippen LogP contribution in [-0.4, -0.2) is 26.3 Å². The van der Waals surface area contributed by atoms with E-state index in [1.807, 2.05) is 14.0 Å². The van der Waals surface area contributed by atoms with Crippen LogP contribution < -0.4 is 5.32 Å². The fraction of sp³-hybridized carbons (Fsp3) is 0.500. The normalized spacial score (nSPS) is 14.8. The molecule has 0 aliphatic rings. The molecule has 0 aliphatic heterocycles. The standard InChI is InChI=1S/C12H17ClFNO/c1-8(16-3)12(15-2)7-9-6-10(13)4-5-11(9)14/h4-6,8,12,15H,7H2,1-3H3. The van der Waals surface area contributed by atoms with Crippen LogP contribution in [0.15, 0.2) is 18.2 Å². The number of likely N-dealkylation sites (N-methyl/N-ethyl adjacent to an activating group) is 1. The first kappa shape index (κ1) is 13.4. The fourth-order valence-electron chi connectivity index (χ4n) is 1.60. The van der Waals surface area contributed by atoms with Crippen LogP contribution in [0.2, 0.25) is 5.02 Å². The molecule has 0 aromatic heterocycles. The van der Waals surface area contributed by atoms with Gasteiger partial charge in [0.2, 0.25) is 0 Å². The number of nitrogens with one attached hydrogen (secondary N) is 1. The molecule has 0 spiro atoms. The van der Waals surface area contributed by atoms with Crippen molar-refractivity contribution in [1.29, 1.82) is 0 Å². The van der Waals surface area contributed by atoms with Crippen LogP contribution in [0.1, 0.15) is 12.5 Å². The molecular formula is C12H17ClFNO. The van der Waals surface area contributed by atoms with E-state index in [2.05, 4.69) is 5.32 Å². The molecular weight excluding hydrogens is 229 g/mol. The summed E-state index contributed by atoms with van der Waals surface area (Å²) in [5.74, 6) is -0.229. The topological polar surface area (TPSA) is 21.3 Å². The van der Waals surface area contributed by atoms with E-state index in [1.165, 1.54) is 6.07 Å². The van der Waals surface area contributed by atoms with Crippen LogP contribution >= 0.6 is 11.6 Å². The third-order valence-corrected chi connectivity index (χ3v) is 2.99. The molecule has 0 fully saturated rings. The minimum atomic E-state index is -0.229. The first-order valence-corrected chi connectivity index (χ1v) is 5.60. The third-order valence-electron chi connectivity index (χ3n) is 2.76. The van der Waals surface area contributed by atoms with Gasteiger partial charge in [-0.3, -0.25) is 0 Å². The molecule has 2 nitrogen and oxygen atoms in total. The largest absolute Gasteiger partial charge is 0.380 e. The quantitative estimate of drug-likeness (QED) is 0.861. The monoisotopic (exact) mass is 245 g/mol. The van der Waals surface area contributed by atoms with Crippen LogP contribution in [0.3, 0.4) is 0 Å². The average molecular weight is 246 g/mol. The van der Waals surface area contributed by atoms with Crippen LogP contribution in [-0.2, 0) is 11.2 Å². The molecule has 16 heavy (non-hydrogen) atoms. The van der Waals surface area contributed by atoms with Crippen molar-refractivity contribution in [3.8, 4) is 0 Å². The van der Waals surface area contributed by atoms with E-state index in [1.54, 1.807) is 19.2 Å². The van der Waals surface area contributed by atoms with Gasteiger partial charge < -0.3 is 10.1 Å². The summed E-state index contributed by atoms with van der Waals surface area (Å²) in [6.07, 6.45) is 0.570. The Morgan fingerprint density at radius 2 is 2.19 bits per heavy atom. The molecule has 0 bridgehead atoms. The van der Waals surface area contributed by atoms with E-state index in [0.717, 1.165) is 0 Å². The molecule has 90 valence electrons. The Hall–Kier alpha value is -0.640. The van der Waals surface area contributed by atoms with Gasteiger partial charge in [-0.05, 0) is 44.2 Å². The summed E-state index contributed by atoms with van der Waals surface area (Å²) in [7, 11) is 3.48. The molecule has 1 aromatic carbocycles. The van der Waals surface area contributed by atoms with Gasteiger partial charge in [0.1, 0.15) is 5.82 Å². The fourth-order valence-corrected chi connectivity index (χ4v) is 1.80. The number of benzene rings is 1. The van der Waals surface area contributed by atoms with Gasteiger partial charge >= 0.3 is 0 Å². The van der Waals surface area contributed by atoms with E-state index >= 15 is 0 Å². The van der Waals surface area contributed by atoms with E-state index in [9.17, 15) is 4.39 Å². The van der Waals surface area contributed by atoms with Crippen LogP contribution in [0.25, 0.3) is 0 Å². The molecule has 0 aliphatic carbocycles. The Kier molecular flexibility index (Phi) is 5.19. The summed E-state index contributed by atoms with van der Waals surface area (Å²) in [5.41, 5.74) is 0.607. The minimum Gasteiger partial charge on any atom is -0.380 e. The summed E-state index contributed by atoms with van der Waals surface area (Å²) in [6.45, 7) is 1.95. The molecule has 1 rings (SSSR count). The first-order valence-electron chi connectivity index (χ1n) is 5.22. The van der Waals surface area contributed by atoms with Gasteiger partial charge in [0.15, 0.2) is 0 Å². The Bertz CT molecular complexity index is 346. The summed E-state index contributed by atoms with van der Waals surface area (Å²) >= 11 is 5.84. The highest BCUT2D eigenvalue weighted by atomic mass is 35.5. The van der Waals surface area contributed by atoms with Crippen molar-refractivity contribution in [2.45, 2.75) is 25.5 Å². The van der Waals surface area contributed by atoms with Crippen molar-refractivity contribution in [1.82, 2.24) is 5.32 Å². The summed E-state index contributed by atoms with van der Waals surface area (Å²) < 4.78 is 18.7. The second kappa shape index (κ2) is 6.18. The van der Waals surface area contributed by atoms with Gasteiger partial charge in [-0.25, -0.2) is 4.39 Å². The second-order valence-electron chi connectivity index (χ2n) is 3.78. The van der Waals surface area contributed by atoms with Gasteiger partial charge in [-0.15, -0.1) is 0 Å². The number of hydrogen-bond donors (Lipinski definition) is 1. The Labute approximate surface area is 101 Å². The highest BCUT2D eigenvalue weighted by Crippen LogP contribution is 2.17. The van der Waals surface area contributed by atoms with Crippen LogP contribution in [0.4, 0.5) is 4.39 Å². The molecule has 1 N–H and O–H groups in total. The van der Waals surface area contributed by atoms with E-state index < -0.39 is 0 Å². The number of halogens is 2. The highest BCUT2D eigenvalue weighted by molar-refractivity contribution is 6.30. The number of methoxy groups -OCH3 is 1. The van der Waals surface area contributed by atoms with Gasteiger partial charge in [0, 0.05) is 18.2 Å². The Morgan fingerprint density at radius 1 is 1.50 bits per heavy atom. The van der Waals surface area contributed by atoms with Crippen molar-refractivity contribution >= 4 is 11.6 Å². The maximum Gasteiger partial charge on any atom is 0.126 e. The van der Waals surface area contributed by atoms with E-state index in [0.29, 0.717) is 17.0 Å². The van der Waals surface area contributed by atoms with Crippen molar-refractivity contribution in [2.75, 3.05) is 14.2 Å². The molecule has 2 unspecified atom stereocenters. The lowest BCUT2D eigenvalue weighted by Crippen LogP contribution is -2.39. The Balaban J connectivity index is 2.81. The van der Waals surface area contributed by atoms with Gasteiger partial charge in [-0.2, -0.15) is 0 Å². The van der Waals surface area contributed by atoms with E-state index in [-0.39, 0.29) is 18.0 Å². The maximum atomic E-state index is 13.5. The zero-order chi connectivity index (χ0) is 12.1. The number of ether oxygens (including phenoxy) is 1. The smallest absolute Gasteiger partial charge is 0.126 e. The molecule has 0 saturated carbocycles. The molecule has 0 radical (unpaired) electrons. The summed E-state index contributed by atoms with van der Waals surface area (Å²) in [6, 6.07) is 4.66. The predicted octanol–water partition coefficient (Wildman–Crippen LogP) is 2.64. The SMILES string of the molecule is CNC(Cc1cc(Cl)ccc1F)C(C)OC. The second-order valence-corrected chi connectivity index (χ2v) is 4.21. The van der Waals surface area contributed by atoms with Crippen LogP contribution in [0.5, 0.6) is 0 Å². The first-order chi connectivity index (χ1) is 7.58. The lowest BCUT2D eigenvalue weighted by atomic mass is 10.0. The summed E-state index contributed by atoms with van der Waals surface area (Å²) in [4.78, 5) is 0. The lowest BCUT2D eigenvalue weighted by Gasteiger charge is -2.22. The number of rotatable bonds is 5. The Morgan fingerprint density at radius 3 is 2.75 bits per heavy atom. The molecule has 4 heteroatoms. The predicted molar refractivity (Wildman–Crippen MR) is 64.4 cm³/mol. The molecule has 0 saturated heterocycles. The van der Waals surface area contributed by atoms with Gasteiger partial charge in [0.25, 0.3) is 0 Å². The van der Waals surface area contributed by atoms with E-state index in [4.69, 9.17) is 16.3 Å². The zero-order valence-electron chi connectivity index (χ0n) is 9.76. The van der Waals surface area contributed by atoms with Crippen LogP contribution in [0, 0.1) is 5.82 Å². The lowest BCUT2D eigenvalue weighted by molar-refractivity contribution is 0.0854. The molecule has 2 atom stereocenters. The van der Waals surface area contributed by atoms with Gasteiger partial charge in [-0.1, -0.05) is 11.6 Å². The average Bonchev–Trinajstić information content (AvgIpc) is 2.29. The van der Waals surface area contributed by atoms with Crippen molar-refractivity contribution in [2.24, 2.45) is 0 Å². The highest BCUT2D eigenvalue weighted by Gasteiger charge is 2.17. The van der Waals surface area contributed by atoms with Crippen molar-refractivity contribution in [3.05, 3.63) is 34.6 Å². The van der Waals surface area contributed by atoms with Gasteiger partial charge in [0.05, 0.1) is 6.10 Å². The number of hydrogen-bond acceptors (Lipinski definition) is 2. The van der Waals surface area contributed by atoms with Crippen molar-refractivity contribution < 1.29 is 9.13 Å². The molecule has 1 aromatic rings. The minimum absolute atomic E-state index is 0.0170. The molecule has 0 amide bonds. The maximum absolute atomic E-state index is 13.5. The summed E-state index contributed by atoms with van der Waals surface area (Å²) in [5, 5.41) is 3.67. The van der Waals surface area contributed by atoms with Crippen molar-refractivity contribution in [3.63, 3.8) is 0 Å². The third kappa shape index (κ3) is 3.44. The molecule has 0 heterocycles.